The van der Waals surface area contributed by atoms with Gasteiger partial charge in [-0.05, 0) is 18.3 Å². The lowest BCUT2D eigenvalue weighted by Crippen LogP contribution is -2.31. The Morgan fingerprint density at radius 3 is 2.60 bits per heavy atom. The first-order valence-corrected chi connectivity index (χ1v) is 10.3. The highest BCUT2D eigenvalue weighted by atomic mass is 35.5. The fourth-order valence-electron chi connectivity index (χ4n) is 2.27. The molecule has 0 radical (unpaired) electrons. The van der Waals surface area contributed by atoms with Crippen LogP contribution in [0.4, 0.5) is 0 Å². The monoisotopic (exact) mass is 426 g/mol. The number of nitrogens with zero attached hydrogens (tertiary/aromatic N) is 2. The molecule has 0 bridgehead atoms. The van der Waals surface area contributed by atoms with Gasteiger partial charge in [-0.3, -0.25) is 4.79 Å². The molecular weight excluding hydrogens is 403 g/mol. The predicted molar refractivity (Wildman–Crippen MR) is 106 cm³/mol. The van der Waals surface area contributed by atoms with E-state index in [0.29, 0.717) is 18.1 Å². The van der Waals surface area contributed by atoms with Crippen molar-refractivity contribution in [1.82, 2.24) is 9.88 Å². The van der Waals surface area contributed by atoms with E-state index in [0.717, 1.165) is 11.4 Å². The molecule has 8 heteroatoms. The Bertz CT molecular complexity index is 552. The summed E-state index contributed by atoms with van der Waals surface area (Å²) in [5, 5.41) is 2.81. The van der Waals surface area contributed by atoms with Crippen LogP contribution >= 0.6 is 46.1 Å². The van der Waals surface area contributed by atoms with Crippen molar-refractivity contribution in [3.05, 3.63) is 28.4 Å². The molecule has 0 aliphatic rings. The highest BCUT2D eigenvalue weighted by Gasteiger charge is 2.25. The molecule has 1 aromatic rings. The first-order chi connectivity index (χ1) is 11.8. The van der Waals surface area contributed by atoms with Crippen molar-refractivity contribution in [3.8, 4) is 0 Å². The lowest BCUT2D eigenvalue weighted by Gasteiger charge is -2.28. The van der Waals surface area contributed by atoms with Crippen LogP contribution in [0.5, 0.6) is 0 Å². The Morgan fingerprint density at radius 2 is 2.12 bits per heavy atom. The molecule has 0 aromatic carbocycles. The molecule has 0 fully saturated rings. The number of hydrogen-bond acceptors (Lipinski definition) is 4. The quantitative estimate of drug-likeness (QED) is 0.290. The second-order valence-corrected chi connectivity index (χ2v) is 8.56. The Labute approximate surface area is 169 Å². The molecule has 1 aromatic heterocycles. The largest absolute Gasteiger partial charge is 0.501 e. The summed E-state index contributed by atoms with van der Waals surface area (Å²) >= 11 is 19.3. The first kappa shape index (κ1) is 22.6. The van der Waals surface area contributed by atoms with Crippen LogP contribution in [-0.4, -0.2) is 40.7 Å². The number of alkyl halides is 3. The second kappa shape index (κ2) is 11.3. The average Bonchev–Trinajstić information content (AvgIpc) is 3.11. The maximum absolute atomic E-state index is 12.7. The molecule has 0 aliphatic carbocycles. The number of carbonyl (C=O) groups is 1. The van der Waals surface area contributed by atoms with E-state index in [1.807, 2.05) is 12.3 Å². The van der Waals surface area contributed by atoms with Gasteiger partial charge in [0.2, 0.25) is 5.91 Å². The highest BCUT2D eigenvalue weighted by Crippen LogP contribution is 2.29. The van der Waals surface area contributed by atoms with E-state index in [4.69, 9.17) is 39.5 Å². The topological polar surface area (TPSA) is 42.4 Å². The summed E-state index contributed by atoms with van der Waals surface area (Å²) in [6.07, 6.45) is 4.49. The number of aromatic nitrogens is 1. The van der Waals surface area contributed by atoms with E-state index in [1.54, 1.807) is 18.1 Å². The Balaban J connectivity index is 2.92. The molecule has 4 nitrogen and oxygen atoms in total. The summed E-state index contributed by atoms with van der Waals surface area (Å²) in [7, 11) is 3.31. The number of allylic oxidation sites excluding steroid dienone is 1. The van der Waals surface area contributed by atoms with Crippen molar-refractivity contribution in [1.29, 1.82) is 0 Å². The summed E-state index contributed by atoms with van der Waals surface area (Å²) < 4.78 is 5.33. The maximum atomic E-state index is 12.7. The van der Waals surface area contributed by atoms with Gasteiger partial charge in [-0.15, -0.1) is 46.1 Å². The number of carbonyl (C=O) groups excluding carboxylic acids is 1. The van der Waals surface area contributed by atoms with Gasteiger partial charge >= 0.3 is 0 Å². The molecule has 1 amide bonds. The van der Waals surface area contributed by atoms with Gasteiger partial charge in [0.15, 0.2) is 0 Å². The number of hydrogen-bond donors (Lipinski definition) is 0. The molecule has 0 spiro atoms. The number of halogens is 3. The van der Waals surface area contributed by atoms with E-state index in [2.05, 4.69) is 11.9 Å². The van der Waals surface area contributed by atoms with Gasteiger partial charge in [0.25, 0.3) is 0 Å². The summed E-state index contributed by atoms with van der Waals surface area (Å²) in [6, 6.07) is -0.123. The minimum Gasteiger partial charge on any atom is -0.501 e. The van der Waals surface area contributed by atoms with E-state index >= 15 is 0 Å². The summed E-state index contributed by atoms with van der Waals surface area (Å²) in [5.74, 6) is 1.20. The third-order valence-corrected chi connectivity index (χ3v) is 6.20. The van der Waals surface area contributed by atoms with Crippen LogP contribution in [0.1, 0.15) is 37.7 Å². The van der Waals surface area contributed by atoms with E-state index < -0.39 is 4.84 Å². The number of thiazole rings is 1. The number of amides is 1. The van der Waals surface area contributed by atoms with E-state index in [9.17, 15) is 4.79 Å². The van der Waals surface area contributed by atoms with Crippen LogP contribution in [0.15, 0.2) is 23.4 Å². The molecule has 0 saturated heterocycles. The Morgan fingerprint density at radius 1 is 1.44 bits per heavy atom. The third-order valence-electron chi connectivity index (χ3n) is 3.94. The van der Waals surface area contributed by atoms with Gasteiger partial charge in [0.1, 0.15) is 15.6 Å². The zero-order chi connectivity index (χ0) is 19.0. The van der Waals surface area contributed by atoms with Crippen molar-refractivity contribution < 1.29 is 9.53 Å². The number of likely N-dealkylation sites (N-methyl/N-ethyl adjacent to an activating group) is 1. The number of rotatable bonds is 10. The van der Waals surface area contributed by atoms with Crippen molar-refractivity contribution in [3.63, 3.8) is 0 Å². The first-order valence-electron chi connectivity index (χ1n) is 8.04. The van der Waals surface area contributed by atoms with Crippen LogP contribution in [0, 0.1) is 11.8 Å². The normalized spacial score (nSPS) is 15.8. The summed E-state index contributed by atoms with van der Waals surface area (Å²) in [4.78, 5) is 18.3. The predicted octanol–water partition coefficient (Wildman–Crippen LogP) is 5.27. The molecule has 0 saturated carbocycles. The van der Waals surface area contributed by atoms with Gasteiger partial charge in [-0.25, -0.2) is 4.98 Å². The zero-order valence-corrected chi connectivity index (χ0v) is 18.0. The van der Waals surface area contributed by atoms with E-state index in [-0.39, 0.29) is 23.8 Å². The molecule has 142 valence electrons. The van der Waals surface area contributed by atoms with Gasteiger partial charge in [-0.2, -0.15) is 0 Å². The van der Waals surface area contributed by atoms with Gasteiger partial charge in [0.05, 0.1) is 13.2 Å². The summed E-state index contributed by atoms with van der Waals surface area (Å²) in [5.41, 5.74) is 0. The maximum Gasteiger partial charge on any atom is 0.250 e. The molecule has 1 rings (SSSR count). The standard InChI is InChI=1S/C17H25Cl3N2O2S/c1-11(10-18)7-14(17-21-5-6-25-17)22(3)15(23)9-13(24-4)8-12(2)16(19)20/h5-6,9,11-12,14,16H,7-8,10H2,1-4H3/b13-9+. The van der Waals surface area contributed by atoms with Crippen LogP contribution in [0.3, 0.4) is 0 Å². The van der Waals surface area contributed by atoms with Crippen LogP contribution in [-0.2, 0) is 9.53 Å². The SMILES string of the molecule is CO/C(=C/C(=O)N(C)C(CC(C)CCl)c1nccs1)CC(C)C(Cl)Cl. The van der Waals surface area contributed by atoms with Gasteiger partial charge < -0.3 is 9.64 Å². The minimum absolute atomic E-state index is 0.0151. The van der Waals surface area contributed by atoms with Crippen molar-refractivity contribution >= 4 is 52.0 Å². The Hall–Kier alpha value is -0.490. The number of methoxy groups -OCH3 is 1. The van der Waals surface area contributed by atoms with E-state index in [1.165, 1.54) is 24.5 Å². The second-order valence-electron chi connectivity index (χ2n) is 6.16. The lowest BCUT2D eigenvalue weighted by atomic mass is 10.0. The minimum atomic E-state index is -0.515. The van der Waals surface area contributed by atoms with Gasteiger partial charge in [0, 0.05) is 37.0 Å². The molecule has 1 heterocycles. The zero-order valence-electron chi connectivity index (χ0n) is 14.9. The molecule has 0 aliphatic heterocycles. The van der Waals surface area contributed by atoms with Crippen LogP contribution in [0.2, 0.25) is 0 Å². The van der Waals surface area contributed by atoms with Crippen LogP contribution in [0.25, 0.3) is 0 Å². The molecular formula is C17H25Cl3N2O2S. The lowest BCUT2D eigenvalue weighted by molar-refractivity contribution is -0.127. The molecule has 0 N–H and O–H groups in total. The fourth-order valence-corrected chi connectivity index (χ4v) is 3.37. The molecule has 25 heavy (non-hydrogen) atoms. The highest BCUT2D eigenvalue weighted by molar-refractivity contribution is 7.09. The summed E-state index contributed by atoms with van der Waals surface area (Å²) in [6.45, 7) is 3.97. The van der Waals surface area contributed by atoms with Crippen molar-refractivity contribution in [2.45, 2.75) is 37.6 Å². The third kappa shape index (κ3) is 7.33. The molecule has 3 unspecified atom stereocenters. The Kier molecular flexibility index (Phi) is 10.2. The van der Waals surface area contributed by atoms with Gasteiger partial charge in [-0.1, -0.05) is 13.8 Å². The molecule has 3 atom stereocenters. The fraction of sp³-hybridized carbons (Fsp3) is 0.647. The smallest absolute Gasteiger partial charge is 0.250 e. The van der Waals surface area contributed by atoms with Crippen molar-refractivity contribution in [2.24, 2.45) is 11.8 Å². The number of ether oxygens (including phenoxy) is 1. The van der Waals surface area contributed by atoms with Crippen molar-refractivity contribution in [2.75, 3.05) is 20.0 Å². The average molecular weight is 428 g/mol. The van der Waals surface area contributed by atoms with Crippen LogP contribution < -0.4 is 0 Å².